The van der Waals surface area contributed by atoms with Crippen LogP contribution in [0.5, 0.6) is 0 Å². The molecule has 4 nitrogen and oxygen atoms in total. The number of rotatable bonds is 4. The van der Waals surface area contributed by atoms with Crippen LogP contribution in [0, 0.1) is 5.92 Å². The van der Waals surface area contributed by atoms with Crippen LogP contribution in [0.2, 0.25) is 0 Å². The first-order valence-corrected chi connectivity index (χ1v) is 9.12. The van der Waals surface area contributed by atoms with Gasteiger partial charge in [-0.1, -0.05) is 0 Å². The molecule has 0 spiro atoms. The lowest BCUT2D eigenvalue weighted by molar-refractivity contribution is 0.320. The highest BCUT2D eigenvalue weighted by atomic mass is 79.9. The summed E-state index contributed by atoms with van der Waals surface area (Å²) >= 11 is 4.50. The maximum atomic E-state index is 12.2. The minimum absolute atomic E-state index is 0. The van der Waals surface area contributed by atoms with Crippen LogP contribution < -0.4 is 10.0 Å². The first-order chi connectivity index (χ1) is 8.50. The Morgan fingerprint density at radius 2 is 2.32 bits per heavy atom. The van der Waals surface area contributed by atoms with E-state index in [9.17, 15) is 8.42 Å². The maximum absolute atomic E-state index is 12.2. The molecule has 8 heteroatoms. The fraction of sp³-hybridized carbons (Fsp3) is 0.636. The second-order valence-electron chi connectivity index (χ2n) is 4.57. The number of hydrogen-bond donors (Lipinski definition) is 2. The summed E-state index contributed by atoms with van der Waals surface area (Å²) in [4.78, 5) is 0. The Bertz CT molecular complexity index is 501. The van der Waals surface area contributed by atoms with Crippen LogP contribution >= 0.6 is 39.7 Å². The van der Waals surface area contributed by atoms with Crippen molar-refractivity contribution in [3.8, 4) is 0 Å². The van der Waals surface area contributed by atoms with Gasteiger partial charge in [-0.15, -0.1) is 23.7 Å². The van der Waals surface area contributed by atoms with Gasteiger partial charge in [0.15, 0.2) is 0 Å². The van der Waals surface area contributed by atoms with Gasteiger partial charge >= 0.3 is 0 Å². The molecule has 2 rings (SSSR count). The van der Waals surface area contributed by atoms with Crippen LogP contribution in [0.25, 0.3) is 0 Å². The van der Waals surface area contributed by atoms with Crippen molar-refractivity contribution in [3.05, 3.63) is 15.9 Å². The van der Waals surface area contributed by atoms with E-state index < -0.39 is 10.0 Å². The van der Waals surface area contributed by atoms with E-state index in [1.54, 1.807) is 11.4 Å². The molecule has 2 unspecified atom stereocenters. The largest absolute Gasteiger partial charge is 0.316 e. The smallest absolute Gasteiger partial charge is 0.251 e. The highest BCUT2D eigenvalue weighted by molar-refractivity contribution is 9.10. The molecule has 0 bridgehead atoms. The number of sulfonamides is 1. The molecule has 1 aromatic heterocycles. The van der Waals surface area contributed by atoms with Gasteiger partial charge in [-0.05, 0) is 66.1 Å². The summed E-state index contributed by atoms with van der Waals surface area (Å²) in [5.41, 5.74) is 0. The van der Waals surface area contributed by atoms with Crippen LogP contribution in [0.1, 0.15) is 19.8 Å². The van der Waals surface area contributed by atoms with E-state index in [1.165, 1.54) is 11.3 Å². The molecule has 2 atom stereocenters. The monoisotopic (exact) mass is 388 g/mol. The molecule has 0 aliphatic carbocycles. The van der Waals surface area contributed by atoms with Crippen LogP contribution in [-0.4, -0.2) is 27.5 Å². The molecule has 0 amide bonds. The maximum Gasteiger partial charge on any atom is 0.251 e. The molecule has 1 aliphatic heterocycles. The number of thiophene rings is 1. The van der Waals surface area contributed by atoms with E-state index in [0.717, 1.165) is 25.9 Å². The Kier molecular flexibility index (Phi) is 6.75. The zero-order valence-electron chi connectivity index (χ0n) is 10.6. The van der Waals surface area contributed by atoms with Gasteiger partial charge in [0.25, 0.3) is 10.0 Å². The van der Waals surface area contributed by atoms with Crippen molar-refractivity contribution in [1.29, 1.82) is 0 Å². The lowest BCUT2D eigenvalue weighted by Gasteiger charge is -2.28. The summed E-state index contributed by atoms with van der Waals surface area (Å²) in [6.07, 6.45) is 2.18. The van der Waals surface area contributed by atoms with Gasteiger partial charge in [0.2, 0.25) is 0 Å². The number of hydrogen-bond acceptors (Lipinski definition) is 4. The summed E-state index contributed by atoms with van der Waals surface area (Å²) in [7, 11) is -3.40. The van der Waals surface area contributed by atoms with Crippen molar-refractivity contribution in [1.82, 2.24) is 10.0 Å². The van der Waals surface area contributed by atoms with Gasteiger partial charge in [-0.2, -0.15) is 0 Å². The van der Waals surface area contributed by atoms with Gasteiger partial charge in [-0.25, -0.2) is 13.1 Å². The van der Waals surface area contributed by atoms with Crippen molar-refractivity contribution >= 4 is 49.7 Å². The third-order valence-electron chi connectivity index (χ3n) is 3.21. The van der Waals surface area contributed by atoms with Gasteiger partial charge in [0.05, 0.1) is 0 Å². The van der Waals surface area contributed by atoms with Crippen molar-refractivity contribution in [2.24, 2.45) is 5.92 Å². The minimum Gasteiger partial charge on any atom is -0.316 e. The molecule has 0 radical (unpaired) electrons. The average molecular weight is 390 g/mol. The zero-order chi connectivity index (χ0) is 13.2. The normalized spacial score (nSPS) is 21.7. The summed E-state index contributed by atoms with van der Waals surface area (Å²) in [5.74, 6) is 0.368. The summed E-state index contributed by atoms with van der Waals surface area (Å²) in [6, 6.07) is 1.71. The van der Waals surface area contributed by atoms with Crippen LogP contribution in [-0.2, 0) is 10.0 Å². The van der Waals surface area contributed by atoms with Crippen LogP contribution in [0.3, 0.4) is 0 Å². The number of piperidine rings is 1. The van der Waals surface area contributed by atoms with E-state index >= 15 is 0 Å². The van der Waals surface area contributed by atoms with E-state index in [4.69, 9.17) is 0 Å². The Morgan fingerprint density at radius 3 is 2.84 bits per heavy atom. The van der Waals surface area contributed by atoms with E-state index in [0.29, 0.717) is 14.6 Å². The standard InChI is InChI=1S/C11H17BrN2O2S2.ClH/c1-8(9-3-2-5-13-7-9)14-18(15,16)11-10(12)4-6-17-11;/h4,6,8-9,13-14H,2-3,5,7H2,1H3;1H. The Labute approximate surface area is 133 Å². The highest BCUT2D eigenvalue weighted by Crippen LogP contribution is 2.28. The fourth-order valence-electron chi connectivity index (χ4n) is 2.17. The minimum atomic E-state index is -3.40. The second kappa shape index (κ2) is 7.38. The number of nitrogens with one attached hydrogen (secondary N) is 2. The van der Waals surface area contributed by atoms with E-state index in [-0.39, 0.29) is 18.4 Å². The third kappa shape index (κ3) is 4.41. The number of halogens is 2. The summed E-state index contributed by atoms with van der Waals surface area (Å²) < 4.78 is 28.2. The highest BCUT2D eigenvalue weighted by Gasteiger charge is 2.26. The van der Waals surface area contributed by atoms with Crippen molar-refractivity contribution < 1.29 is 8.42 Å². The topological polar surface area (TPSA) is 58.2 Å². The van der Waals surface area contributed by atoms with Crippen molar-refractivity contribution in [2.45, 2.75) is 30.0 Å². The third-order valence-corrected chi connectivity index (χ3v) is 7.44. The SMILES string of the molecule is CC(NS(=O)(=O)c1sccc1Br)C1CCCNC1.Cl. The quantitative estimate of drug-likeness (QED) is 0.832. The molecule has 2 N–H and O–H groups in total. The van der Waals surface area contributed by atoms with Gasteiger partial charge < -0.3 is 5.32 Å². The molecule has 2 heterocycles. The molecule has 1 fully saturated rings. The molecule has 0 aromatic carbocycles. The summed E-state index contributed by atoms with van der Waals surface area (Å²) in [6.45, 7) is 3.86. The fourth-order valence-corrected chi connectivity index (χ4v) is 5.84. The lowest BCUT2D eigenvalue weighted by Crippen LogP contribution is -2.44. The molecule has 1 saturated heterocycles. The predicted octanol–water partition coefficient (Wildman–Crippen LogP) is 2.60. The van der Waals surface area contributed by atoms with Crippen molar-refractivity contribution in [3.63, 3.8) is 0 Å². The molecular weight excluding hydrogens is 372 g/mol. The van der Waals surface area contributed by atoms with Gasteiger partial charge in [0, 0.05) is 10.5 Å². The Hall–Kier alpha value is 0.340. The van der Waals surface area contributed by atoms with Crippen LogP contribution in [0.4, 0.5) is 0 Å². The molecule has 1 aliphatic rings. The van der Waals surface area contributed by atoms with Gasteiger partial charge in [0.1, 0.15) is 4.21 Å². The second-order valence-corrected chi connectivity index (χ2v) is 8.25. The molecule has 19 heavy (non-hydrogen) atoms. The first-order valence-electron chi connectivity index (χ1n) is 5.97. The molecule has 0 saturated carbocycles. The summed E-state index contributed by atoms with van der Waals surface area (Å²) in [5, 5.41) is 5.08. The van der Waals surface area contributed by atoms with E-state index in [1.807, 2.05) is 6.92 Å². The van der Waals surface area contributed by atoms with Crippen LogP contribution in [0.15, 0.2) is 20.1 Å². The average Bonchev–Trinajstić information content (AvgIpc) is 2.77. The predicted molar refractivity (Wildman–Crippen MR) is 84.6 cm³/mol. The molecular formula is C11H18BrClN2O2S2. The lowest BCUT2D eigenvalue weighted by atomic mass is 9.94. The Balaban J connectivity index is 0.00000180. The first kappa shape index (κ1) is 17.4. The van der Waals surface area contributed by atoms with E-state index in [2.05, 4.69) is 26.0 Å². The molecule has 1 aromatic rings. The molecule has 110 valence electrons. The van der Waals surface area contributed by atoms with Gasteiger partial charge in [-0.3, -0.25) is 0 Å². The Morgan fingerprint density at radius 1 is 1.58 bits per heavy atom. The zero-order valence-corrected chi connectivity index (χ0v) is 14.6. The van der Waals surface area contributed by atoms with Crippen molar-refractivity contribution in [2.75, 3.05) is 13.1 Å².